The number of methoxy groups -OCH3 is 1. The molecular formula is C18H24FN3O2S. The maximum Gasteiger partial charge on any atom is 0.232 e. The fraction of sp³-hybridized carbons (Fsp3) is 0.444. The van der Waals surface area contributed by atoms with Crippen molar-refractivity contribution in [3.8, 4) is 5.75 Å². The van der Waals surface area contributed by atoms with Crippen molar-refractivity contribution in [1.29, 1.82) is 0 Å². The van der Waals surface area contributed by atoms with Gasteiger partial charge in [0.25, 0.3) is 0 Å². The molecule has 0 aliphatic heterocycles. The number of halogens is 1. The largest absolute Gasteiger partial charge is 0.494 e. The van der Waals surface area contributed by atoms with E-state index >= 15 is 0 Å². The van der Waals surface area contributed by atoms with Crippen LogP contribution in [0, 0.1) is 5.82 Å². The van der Waals surface area contributed by atoms with Crippen LogP contribution in [0.3, 0.4) is 0 Å². The Balaban J connectivity index is 1.82. The lowest BCUT2D eigenvalue weighted by atomic mass is 10.2. The van der Waals surface area contributed by atoms with Crippen LogP contribution in [0.5, 0.6) is 5.75 Å². The maximum atomic E-state index is 13.8. The van der Waals surface area contributed by atoms with Crippen LogP contribution in [-0.4, -0.2) is 45.7 Å². The average Bonchev–Trinajstić information content (AvgIpc) is 3.01. The standard InChI is InChI=1S/C18H24FN3O2S/c1-4-22(12-14-5-6-17(24-3)16(19)11-14)18(23)13-25-10-8-15-7-9-20-21(15)2/h5-7,9,11H,4,8,10,12-13H2,1-3H3. The number of ether oxygens (including phenoxy) is 1. The minimum absolute atomic E-state index is 0.0636. The van der Waals surface area contributed by atoms with Crippen LogP contribution in [0.4, 0.5) is 4.39 Å². The number of aromatic nitrogens is 2. The number of benzene rings is 1. The van der Waals surface area contributed by atoms with E-state index in [1.165, 1.54) is 13.2 Å². The second kappa shape index (κ2) is 9.46. The molecule has 2 aromatic rings. The fourth-order valence-corrected chi connectivity index (χ4v) is 3.33. The zero-order valence-corrected chi connectivity index (χ0v) is 15.7. The first kappa shape index (κ1) is 19.3. The van der Waals surface area contributed by atoms with Crippen LogP contribution in [-0.2, 0) is 24.8 Å². The number of carbonyl (C=O) groups is 1. The number of hydrogen-bond acceptors (Lipinski definition) is 4. The molecule has 0 aliphatic rings. The van der Waals surface area contributed by atoms with Crippen LogP contribution in [0.2, 0.25) is 0 Å². The summed E-state index contributed by atoms with van der Waals surface area (Å²) >= 11 is 1.61. The zero-order chi connectivity index (χ0) is 18.2. The molecule has 0 N–H and O–H groups in total. The number of nitrogens with zero attached hydrogens (tertiary/aromatic N) is 3. The summed E-state index contributed by atoms with van der Waals surface area (Å²) in [7, 11) is 3.35. The predicted molar refractivity (Wildman–Crippen MR) is 98.3 cm³/mol. The SMILES string of the molecule is CCN(Cc1ccc(OC)c(F)c1)C(=O)CSCCc1ccnn1C. The Morgan fingerprint density at radius 2 is 2.20 bits per heavy atom. The Morgan fingerprint density at radius 1 is 1.40 bits per heavy atom. The van der Waals surface area contributed by atoms with Crippen molar-refractivity contribution in [3.05, 3.63) is 47.5 Å². The molecule has 0 radical (unpaired) electrons. The number of amides is 1. The first-order chi connectivity index (χ1) is 12.0. The zero-order valence-electron chi connectivity index (χ0n) is 14.9. The summed E-state index contributed by atoms with van der Waals surface area (Å²) in [6.45, 7) is 2.92. The number of hydrogen-bond donors (Lipinski definition) is 0. The number of rotatable bonds is 9. The van der Waals surface area contributed by atoms with Crippen molar-refractivity contribution in [2.75, 3.05) is 25.2 Å². The number of thioether (sulfide) groups is 1. The quantitative estimate of drug-likeness (QED) is 0.641. The van der Waals surface area contributed by atoms with Gasteiger partial charge in [-0.05, 0) is 42.9 Å². The minimum Gasteiger partial charge on any atom is -0.494 e. The Morgan fingerprint density at radius 3 is 2.80 bits per heavy atom. The van der Waals surface area contributed by atoms with E-state index in [9.17, 15) is 9.18 Å². The average molecular weight is 365 g/mol. The molecule has 1 heterocycles. The molecule has 5 nitrogen and oxygen atoms in total. The van der Waals surface area contributed by atoms with Crippen molar-refractivity contribution in [2.24, 2.45) is 7.05 Å². The van der Waals surface area contributed by atoms with Gasteiger partial charge in [0.2, 0.25) is 5.91 Å². The van der Waals surface area contributed by atoms with Gasteiger partial charge in [-0.2, -0.15) is 16.9 Å². The monoisotopic (exact) mass is 365 g/mol. The van der Waals surface area contributed by atoms with E-state index in [1.807, 2.05) is 24.7 Å². The van der Waals surface area contributed by atoms with Crippen molar-refractivity contribution >= 4 is 17.7 Å². The lowest BCUT2D eigenvalue weighted by Gasteiger charge is -2.21. The van der Waals surface area contributed by atoms with Gasteiger partial charge in [-0.15, -0.1) is 0 Å². The van der Waals surface area contributed by atoms with Gasteiger partial charge in [-0.1, -0.05) is 6.07 Å². The van der Waals surface area contributed by atoms with E-state index in [-0.39, 0.29) is 11.7 Å². The number of carbonyl (C=O) groups excluding carboxylic acids is 1. The molecule has 136 valence electrons. The van der Waals surface area contributed by atoms with E-state index in [1.54, 1.807) is 35.0 Å². The maximum absolute atomic E-state index is 13.8. The first-order valence-electron chi connectivity index (χ1n) is 8.20. The second-order valence-corrected chi connectivity index (χ2v) is 6.73. The number of aryl methyl sites for hydroxylation is 2. The summed E-state index contributed by atoms with van der Waals surface area (Å²) in [4.78, 5) is 14.1. The summed E-state index contributed by atoms with van der Waals surface area (Å²) in [5, 5.41) is 4.13. The Bertz CT molecular complexity index is 705. The van der Waals surface area contributed by atoms with Gasteiger partial charge in [0.05, 0.1) is 12.9 Å². The molecule has 1 aromatic carbocycles. The van der Waals surface area contributed by atoms with Crippen molar-refractivity contribution < 1.29 is 13.9 Å². The predicted octanol–water partition coefficient (Wildman–Crippen LogP) is 2.89. The highest BCUT2D eigenvalue weighted by Crippen LogP contribution is 2.19. The van der Waals surface area contributed by atoms with E-state index in [0.717, 1.165) is 23.4 Å². The van der Waals surface area contributed by atoms with E-state index < -0.39 is 5.82 Å². The van der Waals surface area contributed by atoms with Gasteiger partial charge in [-0.3, -0.25) is 9.48 Å². The molecule has 2 rings (SSSR count). The van der Waals surface area contributed by atoms with Crippen LogP contribution in [0.1, 0.15) is 18.2 Å². The summed E-state index contributed by atoms with van der Waals surface area (Å²) < 4.78 is 20.5. The highest BCUT2D eigenvalue weighted by atomic mass is 32.2. The van der Waals surface area contributed by atoms with Gasteiger partial charge in [-0.25, -0.2) is 4.39 Å². The molecule has 7 heteroatoms. The van der Waals surface area contributed by atoms with Gasteiger partial charge < -0.3 is 9.64 Å². The summed E-state index contributed by atoms with van der Waals surface area (Å²) in [6, 6.07) is 6.78. The molecule has 0 spiro atoms. The fourth-order valence-electron chi connectivity index (χ4n) is 2.48. The molecule has 25 heavy (non-hydrogen) atoms. The first-order valence-corrected chi connectivity index (χ1v) is 9.35. The van der Waals surface area contributed by atoms with Gasteiger partial charge >= 0.3 is 0 Å². The van der Waals surface area contributed by atoms with E-state index in [0.29, 0.717) is 18.8 Å². The Kier molecular flexibility index (Phi) is 7.31. The molecule has 0 bridgehead atoms. The molecule has 1 amide bonds. The second-order valence-electron chi connectivity index (χ2n) is 5.63. The van der Waals surface area contributed by atoms with Gasteiger partial charge in [0.1, 0.15) is 0 Å². The molecule has 1 aromatic heterocycles. The normalized spacial score (nSPS) is 10.7. The Labute approximate surface area is 152 Å². The van der Waals surface area contributed by atoms with E-state index in [2.05, 4.69) is 5.10 Å². The Hall–Kier alpha value is -2.02. The topological polar surface area (TPSA) is 47.4 Å². The third-order valence-electron chi connectivity index (χ3n) is 3.97. The van der Waals surface area contributed by atoms with Crippen LogP contribution in [0.15, 0.2) is 30.5 Å². The van der Waals surface area contributed by atoms with Crippen molar-refractivity contribution in [2.45, 2.75) is 19.9 Å². The third-order valence-corrected chi connectivity index (χ3v) is 4.92. The highest BCUT2D eigenvalue weighted by molar-refractivity contribution is 7.99. The van der Waals surface area contributed by atoms with E-state index in [4.69, 9.17) is 4.74 Å². The molecule has 0 fully saturated rings. The van der Waals surface area contributed by atoms with Crippen LogP contribution in [0.25, 0.3) is 0 Å². The third kappa shape index (κ3) is 5.49. The highest BCUT2D eigenvalue weighted by Gasteiger charge is 2.13. The van der Waals surface area contributed by atoms with Gasteiger partial charge in [0.15, 0.2) is 11.6 Å². The van der Waals surface area contributed by atoms with Crippen molar-refractivity contribution in [1.82, 2.24) is 14.7 Å². The summed E-state index contributed by atoms with van der Waals surface area (Å²) in [5.41, 5.74) is 1.91. The minimum atomic E-state index is -0.408. The molecule has 0 aliphatic carbocycles. The lowest BCUT2D eigenvalue weighted by molar-refractivity contribution is -0.128. The lowest BCUT2D eigenvalue weighted by Crippen LogP contribution is -2.31. The van der Waals surface area contributed by atoms with Crippen LogP contribution < -0.4 is 4.74 Å². The van der Waals surface area contributed by atoms with Gasteiger partial charge in [0, 0.05) is 32.0 Å². The van der Waals surface area contributed by atoms with Crippen molar-refractivity contribution in [3.63, 3.8) is 0 Å². The van der Waals surface area contributed by atoms with Crippen LogP contribution >= 0.6 is 11.8 Å². The molecule has 0 atom stereocenters. The smallest absolute Gasteiger partial charge is 0.232 e. The molecular weight excluding hydrogens is 341 g/mol. The molecule has 0 saturated heterocycles. The molecule has 0 saturated carbocycles. The summed E-state index contributed by atoms with van der Waals surface area (Å²) in [6.07, 6.45) is 2.65. The molecule has 0 unspecified atom stereocenters. The summed E-state index contributed by atoms with van der Waals surface area (Å²) in [5.74, 6) is 1.15.